The molecule has 0 unspecified atom stereocenters. The lowest BCUT2D eigenvalue weighted by Crippen LogP contribution is -2.37. The minimum atomic E-state index is -0.656. The Kier molecular flexibility index (Phi) is 5.28. The highest BCUT2D eigenvalue weighted by atomic mass is 79.9. The van der Waals surface area contributed by atoms with Gasteiger partial charge in [0.2, 0.25) is 0 Å². The maximum Gasteiger partial charge on any atom is 0.355 e. The van der Waals surface area contributed by atoms with Crippen molar-refractivity contribution in [1.29, 1.82) is 0 Å². The molecule has 1 aliphatic rings. The molecule has 0 radical (unpaired) electrons. The molecule has 0 spiro atoms. The third-order valence-electron chi connectivity index (χ3n) is 3.99. The number of halogens is 1. The quantitative estimate of drug-likeness (QED) is 0.617. The van der Waals surface area contributed by atoms with Crippen LogP contribution in [0.25, 0.3) is 0 Å². The van der Waals surface area contributed by atoms with Gasteiger partial charge in [0.15, 0.2) is 11.5 Å². The van der Waals surface area contributed by atoms with Gasteiger partial charge in [-0.2, -0.15) is 5.10 Å². The van der Waals surface area contributed by atoms with Crippen LogP contribution in [0.2, 0.25) is 0 Å². The molecule has 6 heteroatoms. The summed E-state index contributed by atoms with van der Waals surface area (Å²) in [5.74, 6) is -1.14. The number of ketones is 1. The van der Waals surface area contributed by atoms with Crippen molar-refractivity contribution in [1.82, 2.24) is 5.43 Å². The monoisotopic (exact) mass is 400 g/mol. The van der Waals surface area contributed by atoms with Crippen LogP contribution in [0.4, 0.5) is 0 Å². The van der Waals surface area contributed by atoms with Crippen LogP contribution in [0.3, 0.4) is 0 Å². The fraction of sp³-hybridized carbons (Fsp3) is 0.211. The molecular weight excluding hydrogens is 384 g/mol. The SMILES string of the molecule is CCOC(=O)C1=NN[C@@H](C(=O)c2ccccc2)[C@H]1c1cccc(Br)c1. The van der Waals surface area contributed by atoms with Crippen LogP contribution >= 0.6 is 15.9 Å². The van der Waals surface area contributed by atoms with Crippen LogP contribution in [-0.2, 0) is 9.53 Å². The lowest BCUT2D eigenvalue weighted by atomic mass is 9.84. The largest absolute Gasteiger partial charge is 0.461 e. The Bertz CT molecular complexity index is 820. The molecule has 0 saturated carbocycles. The molecule has 2 atom stereocenters. The van der Waals surface area contributed by atoms with Crippen molar-refractivity contribution in [2.24, 2.45) is 5.10 Å². The second kappa shape index (κ2) is 7.61. The molecule has 2 aromatic carbocycles. The van der Waals surface area contributed by atoms with E-state index in [-0.39, 0.29) is 18.1 Å². The number of hydrogen-bond donors (Lipinski definition) is 1. The number of carbonyl (C=O) groups excluding carboxylic acids is 2. The van der Waals surface area contributed by atoms with Crippen molar-refractivity contribution in [3.8, 4) is 0 Å². The highest BCUT2D eigenvalue weighted by Gasteiger charge is 2.41. The Balaban J connectivity index is 1.98. The fourth-order valence-corrected chi connectivity index (χ4v) is 3.28. The molecule has 0 bridgehead atoms. The molecule has 0 amide bonds. The molecule has 1 aliphatic heterocycles. The minimum absolute atomic E-state index is 0.117. The summed E-state index contributed by atoms with van der Waals surface area (Å²) in [6, 6.07) is 15.8. The first-order valence-corrected chi connectivity index (χ1v) is 8.76. The predicted molar refractivity (Wildman–Crippen MR) is 98.6 cm³/mol. The van der Waals surface area contributed by atoms with E-state index < -0.39 is 17.9 Å². The number of hydrogen-bond acceptors (Lipinski definition) is 5. The van der Waals surface area contributed by atoms with Crippen molar-refractivity contribution in [3.05, 3.63) is 70.2 Å². The zero-order chi connectivity index (χ0) is 17.8. The number of carbonyl (C=O) groups is 2. The maximum absolute atomic E-state index is 12.9. The summed E-state index contributed by atoms with van der Waals surface area (Å²) in [6.45, 7) is 1.99. The van der Waals surface area contributed by atoms with Gasteiger partial charge in [-0.1, -0.05) is 58.4 Å². The summed E-state index contributed by atoms with van der Waals surface area (Å²) in [4.78, 5) is 25.2. The highest BCUT2D eigenvalue weighted by molar-refractivity contribution is 9.10. The lowest BCUT2D eigenvalue weighted by Gasteiger charge is -2.20. The zero-order valence-electron chi connectivity index (χ0n) is 13.6. The molecule has 1 heterocycles. The minimum Gasteiger partial charge on any atom is -0.461 e. The number of benzene rings is 2. The summed E-state index contributed by atoms with van der Waals surface area (Å²) in [5.41, 5.74) is 4.44. The number of nitrogens with zero attached hydrogens (tertiary/aromatic N) is 1. The number of nitrogens with one attached hydrogen (secondary N) is 1. The zero-order valence-corrected chi connectivity index (χ0v) is 15.2. The van der Waals surface area contributed by atoms with Crippen LogP contribution in [0, 0.1) is 0 Å². The molecule has 5 nitrogen and oxygen atoms in total. The molecule has 2 aromatic rings. The smallest absolute Gasteiger partial charge is 0.355 e. The summed E-state index contributed by atoms with van der Waals surface area (Å²) < 4.78 is 5.98. The summed E-state index contributed by atoms with van der Waals surface area (Å²) in [7, 11) is 0. The van der Waals surface area contributed by atoms with E-state index in [4.69, 9.17) is 4.74 Å². The van der Waals surface area contributed by atoms with E-state index in [1.807, 2.05) is 42.5 Å². The van der Waals surface area contributed by atoms with E-state index in [0.29, 0.717) is 5.56 Å². The molecular formula is C19H17BrN2O3. The Morgan fingerprint density at radius 3 is 2.60 bits per heavy atom. The Morgan fingerprint density at radius 2 is 1.92 bits per heavy atom. The molecule has 1 N–H and O–H groups in total. The first-order valence-electron chi connectivity index (χ1n) is 7.96. The third-order valence-corrected chi connectivity index (χ3v) is 4.48. The van der Waals surface area contributed by atoms with Crippen molar-refractivity contribution in [3.63, 3.8) is 0 Å². The van der Waals surface area contributed by atoms with Gasteiger partial charge >= 0.3 is 5.97 Å². The topological polar surface area (TPSA) is 67.8 Å². The molecule has 0 aliphatic carbocycles. The van der Waals surface area contributed by atoms with Gasteiger partial charge in [-0.05, 0) is 24.6 Å². The third kappa shape index (κ3) is 3.64. The number of ether oxygens (including phenoxy) is 1. The molecule has 128 valence electrons. The van der Waals surface area contributed by atoms with E-state index in [1.165, 1.54) is 0 Å². The summed E-state index contributed by atoms with van der Waals surface area (Å²) in [5, 5.41) is 4.13. The average Bonchev–Trinajstić information content (AvgIpc) is 3.07. The van der Waals surface area contributed by atoms with Crippen LogP contribution in [-0.4, -0.2) is 30.1 Å². The van der Waals surface area contributed by atoms with Crippen molar-refractivity contribution in [2.75, 3.05) is 6.61 Å². The van der Waals surface area contributed by atoms with Crippen molar-refractivity contribution >= 4 is 33.4 Å². The Hall–Kier alpha value is -2.47. The molecule has 0 fully saturated rings. The van der Waals surface area contributed by atoms with E-state index in [1.54, 1.807) is 19.1 Å². The Morgan fingerprint density at radius 1 is 1.16 bits per heavy atom. The van der Waals surface area contributed by atoms with Gasteiger partial charge in [-0.15, -0.1) is 0 Å². The fourth-order valence-electron chi connectivity index (χ4n) is 2.86. The average molecular weight is 401 g/mol. The molecule has 25 heavy (non-hydrogen) atoms. The first kappa shape index (κ1) is 17.4. The molecule has 3 rings (SSSR count). The van der Waals surface area contributed by atoms with Crippen LogP contribution < -0.4 is 5.43 Å². The lowest BCUT2D eigenvalue weighted by molar-refractivity contribution is -0.135. The van der Waals surface area contributed by atoms with Crippen molar-refractivity contribution < 1.29 is 14.3 Å². The van der Waals surface area contributed by atoms with Crippen LogP contribution in [0.15, 0.2) is 64.2 Å². The van der Waals surface area contributed by atoms with Gasteiger partial charge in [-0.25, -0.2) is 4.79 Å². The number of hydrazone groups is 1. The number of rotatable bonds is 5. The first-order chi connectivity index (χ1) is 12.1. The highest BCUT2D eigenvalue weighted by Crippen LogP contribution is 2.30. The van der Waals surface area contributed by atoms with Gasteiger partial charge in [0.1, 0.15) is 6.04 Å². The molecule has 0 saturated heterocycles. The van der Waals surface area contributed by atoms with Crippen molar-refractivity contribution in [2.45, 2.75) is 18.9 Å². The van der Waals surface area contributed by atoms with E-state index in [9.17, 15) is 9.59 Å². The molecule has 0 aromatic heterocycles. The van der Waals surface area contributed by atoms with Gasteiger partial charge < -0.3 is 4.74 Å². The summed E-state index contributed by atoms with van der Waals surface area (Å²) in [6.07, 6.45) is 0. The standard InChI is InChI=1S/C19H17BrN2O3/c1-2-25-19(24)17-15(13-9-6-10-14(20)11-13)16(21-22-17)18(23)12-7-4-3-5-8-12/h3-11,15-16,21H,2H2,1H3/t15-,16-/m1/s1. The number of esters is 1. The predicted octanol–water partition coefficient (Wildman–Crippen LogP) is 3.31. The van der Waals surface area contributed by atoms with Gasteiger partial charge in [-0.3, -0.25) is 10.2 Å². The second-order valence-electron chi connectivity index (χ2n) is 5.59. The normalized spacial score (nSPS) is 19.0. The second-order valence-corrected chi connectivity index (χ2v) is 6.50. The maximum atomic E-state index is 12.9. The van der Waals surface area contributed by atoms with Gasteiger partial charge in [0, 0.05) is 10.0 Å². The number of Topliss-reactive ketones (excluding diaryl/α,β-unsaturated/α-hetero) is 1. The van der Waals surface area contributed by atoms with Crippen LogP contribution in [0.1, 0.15) is 28.8 Å². The van der Waals surface area contributed by atoms with E-state index in [2.05, 4.69) is 26.5 Å². The van der Waals surface area contributed by atoms with Gasteiger partial charge in [0.25, 0.3) is 0 Å². The van der Waals surface area contributed by atoms with E-state index >= 15 is 0 Å². The van der Waals surface area contributed by atoms with Gasteiger partial charge in [0.05, 0.1) is 12.5 Å². The van der Waals surface area contributed by atoms with Crippen LogP contribution in [0.5, 0.6) is 0 Å². The Labute approximate surface area is 154 Å². The summed E-state index contributed by atoms with van der Waals surface area (Å²) >= 11 is 3.44. The van der Waals surface area contributed by atoms with E-state index in [0.717, 1.165) is 10.0 Å².